The van der Waals surface area contributed by atoms with Crippen LogP contribution in [-0.2, 0) is 0 Å². The van der Waals surface area contributed by atoms with Crippen LogP contribution in [0.15, 0.2) is 35.3 Å². The predicted molar refractivity (Wildman–Crippen MR) is 97.0 cm³/mol. The summed E-state index contributed by atoms with van der Waals surface area (Å²) in [7, 11) is 0. The molecule has 0 spiro atoms. The molecule has 2 saturated carbocycles. The highest BCUT2D eigenvalue weighted by molar-refractivity contribution is 14.0. The summed E-state index contributed by atoms with van der Waals surface area (Å²) in [6.45, 7) is 0.589. The zero-order chi connectivity index (χ0) is 14.0. The summed E-state index contributed by atoms with van der Waals surface area (Å²) in [5.41, 5.74) is 6.32. The number of fused-ring (bicyclic) bond motifs is 2. The van der Waals surface area contributed by atoms with Crippen molar-refractivity contribution < 1.29 is 5.11 Å². The summed E-state index contributed by atoms with van der Waals surface area (Å²) in [6.07, 6.45) is 5.37. The maximum Gasteiger partial charge on any atom is 0.193 e. The van der Waals surface area contributed by atoms with Crippen LogP contribution in [0.1, 0.15) is 32.1 Å². The molecule has 3 atom stereocenters. The first-order valence-electron chi connectivity index (χ1n) is 7.50. The number of anilines is 1. The van der Waals surface area contributed by atoms with E-state index in [1.54, 1.807) is 0 Å². The van der Waals surface area contributed by atoms with E-state index in [0.29, 0.717) is 18.4 Å². The van der Waals surface area contributed by atoms with Gasteiger partial charge in [0.05, 0.1) is 5.60 Å². The molecule has 2 fully saturated rings. The molecule has 2 aliphatic rings. The summed E-state index contributed by atoms with van der Waals surface area (Å²) < 4.78 is 0. The lowest BCUT2D eigenvalue weighted by molar-refractivity contribution is -0.0181. The first-order valence-corrected chi connectivity index (χ1v) is 7.50. The van der Waals surface area contributed by atoms with Crippen LogP contribution in [0.25, 0.3) is 0 Å². The number of hydrogen-bond acceptors (Lipinski definition) is 2. The van der Waals surface area contributed by atoms with E-state index in [1.807, 2.05) is 30.3 Å². The van der Waals surface area contributed by atoms with Gasteiger partial charge in [-0.25, -0.2) is 0 Å². The lowest BCUT2D eigenvalue weighted by atomic mass is 9.82. The van der Waals surface area contributed by atoms with Gasteiger partial charge in [-0.1, -0.05) is 18.2 Å². The van der Waals surface area contributed by atoms with Crippen molar-refractivity contribution in [3.05, 3.63) is 30.3 Å². The second kappa shape index (κ2) is 6.96. The normalized spacial score (nSPS) is 31.0. The number of hydrogen-bond donors (Lipinski definition) is 3. The molecule has 1 aromatic carbocycles. The molecule has 3 unspecified atom stereocenters. The fourth-order valence-electron chi connectivity index (χ4n) is 3.80. The molecule has 4 N–H and O–H groups in total. The quantitative estimate of drug-likeness (QED) is 0.413. The van der Waals surface area contributed by atoms with Gasteiger partial charge in [-0.2, -0.15) is 0 Å². The molecule has 0 amide bonds. The van der Waals surface area contributed by atoms with Crippen LogP contribution in [0.4, 0.5) is 5.69 Å². The van der Waals surface area contributed by atoms with Crippen molar-refractivity contribution in [2.75, 3.05) is 11.9 Å². The van der Waals surface area contributed by atoms with E-state index in [4.69, 9.17) is 5.73 Å². The highest BCUT2D eigenvalue weighted by atomic mass is 127. The maximum absolute atomic E-state index is 10.7. The summed E-state index contributed by atoms with van der Waals surface area (Å²) in [5.74, 6) is 1.66. The molecule has 0 aromatic heterocycles. The fourth-order valence-corrected chi connectivity index (χ4v) is 3.80. The molecule has 1 aromatic rings. The van der Waals surface area contributed by atoms with Gasteiger partial charge < -0.3 is 16.2 Å². The molecule has 21 heavy (non-hydrogen) atoms. The molecule has 0 heterocycles. The Balaban J connectivity index is 0.00000161. The monoisotopic (exact) mass is 401 g/mol. The van der Waals surface area contributed by atoms with Crippen LogP contribution in [0.2, 0.25) is 0 Å². The summed E-state index contributed by atoms with van der Waals surface area (Å²) in [5, 5.41) is 13.7. The SMILES string of the molecule is I.NC(=NCCC1(O)CC2CCC1C2)Nc1ccccc1. The summed E-state index contributed by atoms with van der Waals surface area (Å²) in [4.78, 5) is 4.34. The third-order valence-electron chi connectivity index (χ3n) is 4.82. The molecular formula is C16H24IN3O. The average molecular weight is 401 g/mol. The minimum atomic E-state index is -0.487. The largest absolute Gasteiger partial charge is 0.390 e. The Bertz CT molecular complexity index is 494. The van der Waals surface area contributed by atoms with Gasteiger partial charge in [0.15, 0.2) is 5.96 Å². The summed E-state index contributed by atoms with van der Waals surface area (Å²) >= 11 is 0. The number of nitrogens with two attached hydrogens (primary N) is 1. The Morgan fingerprint density at radius 1 is 1.33 bits per heavy atom. The first kappa shape index (κ1) is 16.5. The average Bonchev–Trinajstić information content (AvgIpc) is 3.00. The van der Waals surface area contributed by atoms with Gasteiger partial charge in [-0.05, 0) is 56.1 Å². The van der Waals surface area contributed by atoms with Crippen LogP contribution in [-0.4, -0.2) is 23.2 Å². The van der Waals surface area contributed by atoms with E-state index in [9.17, 15) is 5.11 Å². The number of aliphatic hydroxyl groups is 1. The minimum Gasteiger partial charge on any atom is -0.390 e. The lowest BCUT2D eigenvalue weighted by Crippen LogP contribution is -2.36. The topological polar surface area (TPSA) is 70.6 Å². The maximum atomic E-state index is 10.7. The van der Waals surface area contributed by atoms with Crippen molar-refractivity contribution in [2.24, 2.45) is 22.6 Å². The second-order valence-electron chi connectivity index (χ2n) is 6.19. The van der Waals surface area contributed by atoms with E-state index in [0.717, 1.165) is 24.4 Å². The van der Waals surface area contributed by atoms with Crippen LogP contribution in [0, 0.1) is 11.8 Å². The Kier molecular flexibility index (Phi) is 5.48. The van der Waals surface area contributed by atoms with Crippen molar-refractivity contribution in [2.45, 2.75) is 37.7 Å². The molecule has 2 aliphatic carbocycles. The number of para-hydroxylation sites is 1. The number of guanidine groups is 1. The van der Waals surface area contributed by atoms with Gasteiger partial charge in [0, 0.05) is 12.2 Å². The van der Waals surface area contributed by atoms with Crippen molar-refractivity contribution in [1.29, 1.82) is 0 Å². The van der Waals surface area contributed by atoms with Gasteiger partial charge in [0.25, 0.3) is 0 Å². The van der Waals surface area contributed by atoms with E-state index >= 15 is 0 Å². The number of aliphatic imine (C=N–C) groups is 1. The van der Waals surface area contributed by atoms with Gasteiger partial charge in [0.2, 0.25) is 0 Å². The van der Waals surface area contributed by atoms with Crippen LogP contribution >= 0.6 is 24.0 Å². The number of halogens is 1. The molecule has 5 heteroatoms. The lowest BCUT2D eigenvalue weighted by Gasteiger charge is -2.31. The standard InChI is InChI=1S/C16H23N3O.HI/c17-15(19-14-4-2-1-3-5-14)18-9-8-16(20)11-12-6-7-13(16)10-12;/h1-5,12-13,20H,6-11H2,(H3,17,18,19);1H. The molecule has 3 rings (SSSR count). The van der Waals surface area contributed by atoms with E-state index in [1.165, 1.54) is 19.3 Å². The van der Waals surface area contributed by atoms with Gasteiger partial charge in [-0.15, -0.1) is 24.0 Å². The first-order chi connectivity index (χ1) is 9.66. The zero-order valence-corrected chi connectivity index (χ0v) is 14.5. The smallest absolute Gasteiger partial charge is 0.193 e. The van der Waals surface area contributed by atoms with Gasteiger partial charge in [0.1, 0.15) is 0 Å². The third-order valence-corrected chi connectivity index (χ3v) is 4.82. The highest BCUT2D eigenvalue weighted by Crippen LogP contribution is 2.52. The Hall–Kier alpha value is -0.820. The number of nitrogens with zero attached hydrogens (tertiary/aromatic N) is 1. The number of rotatable bonds is 4. The third kappa shape index (κ3) is 3.88. The molecule has 0 saturated heterocycles. The second-order valence-corrected chi connectivity index (χ2v) is 6.19. The van der Waals surface area contributed by atoms with Crippen molar-refractivity contribution >= 4 is 35.6 Å². The van der Waals surface area contributed by atoms with Crippen LogP contribution in [0.3, 0.4) is 0 Å². The molecule has 116 valence electrons. The van der Waals surface area contributed by atoms with Crippen molar-refractivity contribution in [3.63, 3.8) is 0 Å². The summed E-state index contributed by atoms with van der Waals surface area (Å²) in [6, 6.07) is 9.77. The number of nitrogens with one attached hydrogen (secondary N) is 1. The fraction of sp³-hybridized carbons (Fsp3) is 0.562. The molecule has 0 aliphatic heterocycles. The zero-order valence-electron chi connectivity index (χ0n) is 12.2. The van der Waals surface area contributed by atoms with Crippen molar-refractivity contribution in [1.82, 2.24) is 0 Å². The van der Waals surface area contributed by atoms with E-state index in [-0.39, 0.29) is 24.0 Å². The Morgan fingerprint density at radius 2 is 2.10 bits per heavy atom. The number of benzene rings is 1. The molecule has 2 bridgehead atoms. The van der Waals surface area contributed by atoms with Gasteiger partial charge >= 0.3 is 0 Å². The highest BCUT2D eigenvalue weighted by Gasteiger charge is 2.49. The predicted octanol–water partition coefficient (Wildman–Crippen LogP) is 2.97. The van der Waals surface area contributed by atoms with Crippen LogP contribution in [0.5, 0.6) is 0 Å². The molecular weight excluding hydrogens is 377 g/mol. The van der Waals surface area contributed by atoms with Crippen LogP contribution < -0.4 is 11.1 Å². The molecule has 0 radical (unpaired) electrons. The Labute approximate surface area is 143 Å². The van der Waals surface area contributed by atoms with Crippen molar-refractivity contribution in [3.8, 4) is 0 Å². The molecule has 4 nitrogen and oxygen atoms in total. The van der Waals surface area contributed by atoms with E-state index in [2.05, 4.69) is 10.3 Å². The van der Waals surface area contributed by atoms with E-state index < -0.39 is 5.60 Å². The van der Waals surface area contributed by atoms with Gasteiger partial charge in [-0.3, -0.25) is 4.99 Å². The minimum absolute atomic E-state index is 0. The Morgan fingerprint density at radius 3 is 2.71 bits per heavy atom.